The van der Waals surface area contributed by atoms with Gasteiger partial charge >= 0.3 is 5.97 Å². The predicted molar refractivity (Wildman–Crippen MR) is 92.6 cm³/mol. The molecule has 1 atom stereocenters. The van der Waals surface area contributed by atoms with Crippen LogP contribution in [0.25, 0.3) is 6.08 Å². The number of halogens is 2. The van der Waals surface area contributed by atoms with Gasteiger partial charge in [0.2, 0.25) is 0 Å². The van der Waals surface area contributed by atoms with E-state index < -0.39 is 29.6 Å². The second-order valence-corrected chi connectivity index (χ2v) is 5.30. The molecule has 0 radical (unpaired) electrons. The number of benzene rings is 2. The van der Waals surface area contributed by atoms with Gasteiger partial charge in [-0.15, -0.1) is 0 Å². The average Bonchev–Trinajstić information content (AvgIpc) is 2.62. The molecule has 7 heteroatoms. The van der Waals surface area contributed by atoms with Crippen molar-refractivity contribution in [2.24, 2.45) is 0 Å². The van der Waals surface area contributed by atoms with Gasteiger partial charge < -0.3 is 14.8 Å². The van der Waals surface area contributed by atoms with Gasteiger partial charge in [-0.05, 0) is 55.0 Å². The van der Waals surface area contributed by atoms with Gasteiger partial charge in [0.15, 0.2) is 17.7 Å². The Bertz CT molecular complexity index is 819. The fourth-order valence-corrected chi connectivity index (χ4v) is 1.99. The topological polar surface area (TPSA) is 64.6 Å². The van der Waals surface area contributed by atoms with Crippen LogP contribution in [-0.2, 0) is 14.3 Å². The minimum Gasteiger partial charge on any atom is -0.494 e. The van der Waals surface area contributed by atoms with Gasteiger partial charge in [-0.1, -0.05) is 6.07 Å². The second kappa shape index (κ2) is 8.75. The summed E-state index contributed by atoms with van der Waals surface area (Å²) >= 11 is 0. The maximum Gasteiger partial charge on any atom is 0.331 e. The summed E-state index contributed by atoms with van der Waals surface area (Å²) in [5, 5.41) is 2.50. The van der Waals surface area contributed by atoms with E-state index in [1.54, 1.807) is 6.07 Å². The molecule has 26 heavy (non-hydrogen) atoms. The van der Waals surface area contributed by atoms with E-state index in [0.29, 0.717) is 11.3 Å². The van der Waals surface area contributed by atoms with Gasteiger partial charge in [0, 0.05) is 11.8 Å². The van der Waals surface area contributed by atoms with Crippen LogP contribution in [-0.4, -0.2) is 25.1 Å². The summed E-state index contributed by atoms with van der Waals surface area (Å²) in [5.74, 6) is -2.22. The molecule has 2 rings (SSSR count). The number of amides is 1. The third-order valence-electron chi connectivity index (χ3n) is 3.36. The van der Waals surface area contributed by atoms with E-state index in [-0.39, 0.29) is 5.75 Å². The van der Waals surface area contributed by atoms with Gasteiger partial charge in [0.05, 0.1) is 7.11 Å². The fraction of sp³-hybridized carbons (Fsp3) is 0.158. The van der Waals surface area contributed by atoms with Crippen LogP contribution in [0.1, 0.15) is 12.5 Å². The third-order valence-corrected chi connectivity index (χ3v) is 3.36. The van der Waals surface area contributed by atoms with Gasteiger partial charge in [-0.3, -0.25) is 4.79 Å². The first-order valence-electron chi connectivity index (χ1n) is 7.67. The molecule has 0 saturated carbocycles. The summed E-state index contributed by atoms with van der Waals surface area (Å²) in [5.41, 5.74) is 0.812. The fourth-order valence-electron chi connectivity index (χ4n) is 1.99. The van der Waals surface area contributed by atoms with Gasteiger partial charge in [0.1, 0.15) is 5.82 Å². The smallest absolute Gasteiger partial charge is 0.331 e. The molecular weight excluding hydrogens is 344 g/mol. The predicted octanol–water partition coefficient (Wildman–Crippen LogP) is 3.56. The Balaban J connectivity index is 1.90. The van der Waals surface area contributed by atoms with Crippen LogP contribution >= 0.6 is 0 Å². The van der Waals surface area contributed by atoms with Crippen molar-refractivity contribution in [1.29, 1.82) is 0 Å². The number of methoxy groups -OCH3 is 1. The lowest BCUT2D eigenvalue weighted by Crippen LogP contribution is -2.29. The molecule has 0 saturated heterocycles. The molecule has 1 N–H and O–H groups in total. The Labute approximate surface area is 149 Å². The lowest BCUT2D eigenvalue weighted by molar-refractivity contribution is -0.148. The van der Waals surface area contributed by atoms with Crippen molar-refractivity contribution in [3.8, 4) is 5.75 Å². The van der Waals surface area contributed by atoms with E-state index in [9.17, 15) is 18.4 Å². The summed E-state index contributed by atoms with van der Waals surface area (Å²) in [7, 11) is 1.35. The number of esters is 1. The number of hydrogen-bond donors (Lipinski definition) is 1. The van der Waals surface area contributed by atoms with Crippen LogP contribution in [0.5, 0.6) is 5.75 Å². The van der Waals surface area contributed by atoms with Gasteiger partial charge in [0.25, 0.3) is 5.91 Å². The highest BCUT2D eigenvalue weighted by atomic mass is 19.1. The zero-order valence-electron chi connectivity index (χ0n) is 14.2. The van der Waals surface area contributed by atoms with Crippen LogP contribution in [0.15, 0.2) is 48.5 Å². The third kappa shape index (κ3) is 5.41. The lowest BCUT2D eigenvalue weighted by atomic mass is 10.2. The highest BCUT2D eigenvalue weighted by molar-refractivity contribution is 5.96. The second-order valence-electron chi connectivity index (χ2n) is 5.30. The van der Waals surface area contributed by atoms with Crippen molar-refractivity contribution in [3.05, 3.63) is 65.7 Å². The van der Waals surface area contributed by atoms with Crippen molar-refractivity contribution in [3.63, 3.8) is 0 Å². The molecule has 0 heterocycles. The van der Waals surface area contributed by atoms with Crippen LogP contribution < -0.4 is 10.1 Å². The first kappa shape index (κ1) is 19.1. The van der Waals surface area contributed by atoms with E-state index >= 15 is 0 Å². The maximum absolute atomic E-state index is 13.6. The zero-order chi connectivity index (χ0) is 19.1. The normalized spacial score (nSPS) is 11.8. The van der Waals surface area contributed by atoms with Crippen LogP contribution in [0.4, 0.5) is 14.5 Å². The monoisotopic (exact) mass is 361 g/mol. The summed E-state index contributed by atoms with van der Waals surface area (Å²) in [6.45, 7) is 1.40. The Morgan fingerprint density at radius 1 is 1.12 bits per heavy atom. The SMILES string of the molecule is COc1ccc(/C=C/C(=O)O[C@H](C)C(=O)Nc2ccc(F)cc2)cc1F. The number of anilines is 1. The number of carbonyl (C=O) groups excluding carboxylic acids is 2. The van der Waals surface area contributed by atoms with Gasteiger partial charge in [-0.2, -0.15) is 0 Å². The Morgan fingerprint density at radius 2 is 1.81 bits per heavy atom. The first-order chi connectivity index (χ1) is 12.4. The molecular formula is C19H17F2NO4. The molecule has 0 unspecified atom stereocenters. The molecule has 136 valence electrons. The summed E-state index contributed by atoms with van der Waals surface area (Å²) in [6, 6.07) is 9.37. The largest absolute Gasteiger partial charge is 0.494 e. The summed E-state index contributed by atoms with van der Waals surface area (Å²) in [4.78, 5) is 23.7. The first-order valence-corrected chi connectivity index (χ1v) is 7.67. The lowest BCUT2D eigenvalue weighted by Gasteiger charge is -2.12. The standard InChI is InChI=1S/C19H17F2NO4/c1-12(19(24)22-15-7-5-14(20)6-8-15)26-18(23)10-4-13-3-9-17(25-2)16(21)11-13/h3-12H,1-2H3,(H,22,24)/b10-4+/t12-/m1/s1. The molecule has 0 aliphatic heterocycles. The minimum atomic E-state index is -1.06. The molecule has 0 aliphatic carbocycles. The summed E-state index contributed by atoms with van der Waals surface area (Å²) < 4.78 is 36.2. The molecule has 5 nitrogen and oxygen atoms in total. The molecule has 0 aromatic heterocycles. The quantitative estimate of drug-likeness (QED) is 0.631. The number of ether oxygens (including phenoxy) is 2. The van der Waals surface area contributed by atoms with Crippen molar-refractivity contribution < 1.29 is 27.8 Å². The minimum absolute atomic E-state index is 0.0933. The highest BCUT2D eigenvalue weighted by Gasteiger charge is 2.16. The zero-order valence-corrected chi connectivity index (χ0v) is 14.2. The Morgan fingerprint density at radius 3 is 2.42 bits per heavy atom. The van der Waals surface area contributed by atoms with E-state index in [2.05, 4.69) is 5.32 Å². The van der Waals surface area contributed by atoms with E-state index in [0.717, 1.165) is 6.08 Å². The van der Waals surface area contributed by atoms with Crippen LogP contribution in [0.2, 0.25) is 0 Å². The Hall–Kier alpha value is -3.22. The summed E-state index contributed by atoms with van der Waals surface area (Å²) in [6.07, 6.45) is 1.38. The van der Waals surface area contributed by atoms with E-state index in [4.69, 9.17) is 9.47 Å². The molecule has 1 amide bonds. The molecule has 0 bridgehead atoms. The van der Waals surface area contributed by atoms with Crippen LogP contribution in [0, 0.1) is 11.6 Å². The molecule has 0 aliphatic rings. The highest BCUT2D eigenvalue weighted by Crippen LogP contribution is 2.18. The molecule has 0 fully saturated rings. The van der Waals surface area contributed by atoms with Crippen molar-refractivity contribution in [2.45, 2.75) is 13.0 Å². The molecule has 0 spiro atoms. The van der Waals surface area contributed by atoms with Gasteiger partial charge in [-0.25, -0.2) is 13.6 Å². The Kier molecular flexibility index (Phi) is 6.43. The molecule has 2 aromatic rings. The van der Waals surface area contributed by atoms with Crippen LogP contribution in [0.3, 0.4) is 0 Å². The number of hydrogen-bond acceptors (Lipinski definition) is 4. The molecule has 2 aromatic carbocycles. The average molecular weight is 361 g/mol. The number of carbonyl (C=O) groups is 2. The van der Waals surface area contributed by atoms with E-state index in [1.165, 1.54) is 56.5 Å². The number of rotatable bonds is 6. The van der Waals surface area contributed by atoms with Crippen molar-refractivity contribution >= 4 is 23.6 Å². The maximum atomic E-state index is 13.6. The van der Waals surface area contributed by atoms with Crippen molar-refractivity contribution in [1.82, 2.24) is 0 Å². The van der Waals surface area contributed by atoms with Crippen molar-refractivity contribution in [2.75, 3.05) is 12.4 Å². The van der Waals surface area contributed by atoms with E-state index in [1.807, 2.05) is 0 Å². The number of nitrogens with one attached hydrogen (secondary N) is 1.